The van der Waals surface area contributed by atoms with E-state index < -0.39 is 0 Å². The molecule has 5 heteroatoms. The van der Waals surface area contributed by atoms with E-state index in [4.69, 9.17) is 10.5 Å². The van der Waals surface area contributed by atoms with E-state index in [1.165, 1.54) is 11.1 Å². The van der Waals surface area contributed by atoms with E-state index in [0.29, 0.717) is 11.9 Å². The Morgan fingerprint density at radius 2 is 1.78 bits per heavy atom. The number of piperidine rings is 1. The summed E-state index contributed by atoms with van der Waals surface area (Å²) in [5.41, 5.74) is 9.58. The summed E-state index contributed by atoms with van der Waals surface area (Å²) < 4.78 is 5.22. The number of hydrogen-bond acceptors (Lipinski definition) is 3. The molecular weight excluding hydrogens is 336 g/mol. The minimum atomic E-state index is 0.500. The highest BCUT2D eigenvalue weighted by Gasteiger charge is 2.19. The van der Waals surface area contributed by atoms with Crippen LogP contribution in [0.3, 0.4) is 0 Å². The predicted molar refractivity (Wildman–Crippen MR) is 112 cm³/mol. The van der Waals surface area contributed by atoms with Crippen LogP contribution in [0.1, 0.15) is 24.0 Å². The van der Waals surface area contributed by atoms with Crippen molar-refractivity contribution < 1.29 is 4.74 Å². The number of aryl methyl sites for hydroxylation is 1. The van der Waals surface area contributed by atoms with E-state index >= 15 is 0 Å². The largest absolute Gasteiger partial charge is 0.497 e. The SMILES string of the molecule is COc1ccc(CN2CCC(CN=C(N)Nc3ccc(C)cc3)CC2)cc1. The normalized spacial score (nSPS) is 16.3. The van der Waals surface area contributed by atoms with Gasteiger partial charge in [-0.1, -0.05) is 29.8 Å². The van der Waals surface area contributed by atoms with Crippen molar-refractivity contribution in [1.29, 1.82) is 0 Å². The van der Waals surface area contributed by atoms with Crippen LogP contribution in [0.15, 0.2) is 53.5 Å². The van der Waals surface area contributed by atoms with Crippen LogP contribution in [0.5, 0.6) is 5.75 Å². The highest BCUT2D eigenvalue weighted by atomic mass is 16.5. The zero-order valence-electron chi connectivity index (χ0n) is 16.3. The lowest BCUT2D eigenvalue weighted by atomic mass is 9.96. The van der Waals surface area contributed by atoms with Crippen molar-refractivity contribution in [3.63, 3.8) is 0 Å². The summed E-state index contributed by atoms with van der Waals surface area (Å²) in [5.74, 6) is 2.02. The molecule has 2 aromatic rings. The number of anilines is 1. The Morgan fingerprint density at radius 3 is 2.41 bits per heavy atom. The van der Waals surface area contributed by atoms with Crippen LogP contribution in [-0.2, 0) is 6.54 Å². The molecule has 1 fully saturated rings. The lowest BCUT2D eigenvalue weighted by molar-refractivity contribution is 0.180. The van der Waals surface area contributed by atoms with Gasteiger partial charge in [0, 0.05) is 18.8 Å². The van der Waals surface area contributed by atoms with Gasteiger partial charge in [0.15, 0.2) is 5.96 Å². The van der Waals surface area contributed by atoms with Gasteiger partial charge in [0.25, 0.3) is 0 Å². The molecule has 0 atom stereocenters. The fourth-order valence-electron chi connectivity index (χ4n) is 3.37. The lowest BCUT2D eigenvalue weighted by Gasteiger charge is -2.31. The van der Waals surface area contributed by atoms with Crippen molar-refractivity contribution in [2.24, 2.45) is 16.6 Å². The first-order chi connectivity index (χ1) is 13.1. The first kappa shape index (κ1) is 19.2. The second-order valence-electron chi connectivity index (χ2n) is 7.28. The number of rotatable bonds is 6. The molecule has 0 aromatic heterocycles. The molecule has 3 N–H and O–H groups in total. The fourth-order valence-corrected chi connectivity index (χ4v) is 3.37. The van der Waals surface area contributed by atoms with Gasteiger partial charge >= 0.3 is 0 Å². The van der Waals surface area contributed by atoms with Crippen molar-refractivity contribution in [2.45, 2.75) is 26.3 Å². The van der Waals surface area contributed by atoms with E-state index in [2.05, 4.69) is 46.4 Å². The molecule has 0 radical (unpaired) electrons. The molecule has 0 aliphatic carbocycles. The Bertz CT molecular complexity index is 732. The fraction of sp³-hybridized carbons (Fsp3) is 0.409. The van der Waals surface area contributed by atoms with Gasteiger partial charge in [0.1, 0.15) is 5.75 Å². The van der Waals surface area contributed by atoms with Crippen LogP contribution in [0, 0.1) is 12.8 Å². The Hall–Kier alpha value is -2.53. The van der Waals surface area contributed by atoms with Crippen molar-refractivity contribution >= 4 is 11.6 Å². The van der Waals surface area contributed by atoms with Crippen molar-refractivity contribution in [2.75, 3.05) is 32.1 Å². The van der Waals surface area contributed by atoms with Crippen LogP contribution >= 0.6 is 0 Å². The number of guanidine groups is 1. The Labute approximate surface area is 162 Å². The molecule has 1 saturated heterocycles. The standard InChI is InChI=1S/C22H30N4O/c1-17-3-7-20(8-4-17)25-22(23)24-15-18-11-13-26(14-12-18)16-19-5-9-21(27-2)10-6-19/h3-10,18H,11-16H2,1-2H3,(H3,23,24,25). The zero-order chi connectivity index (χ0) is 19.1. The van der Waals surface area contributed by atoms with Crippen LogP contribution in [-0.4, -0.2) is 37.6 Å². The smallest absolute Gasteiger partial charge is 0.193 e. The summed E-state index contributed by atoms with van der Waals surface area (Å²) in [6.45, 7) is 6.08. The minimum Gasteiger partial charge on any atom is -0.497 e. The van der Waals surface area contributed by atoms with Gasteiger partial charge in [0.05, 0.1) is 7.11 Å². The van der Waals surface area contributed by atoms with Gasteiger partial charge in [0.2, 0.25) is 0 Å². The molecule has 0 spiro atoms. The molecule has 144 valence electrons. The predicted octanol–water partition coefficient (Wildman–Crippen LogP) is 3.64. The van der Waals surface area contributed by atoms with Crippen molar-refractivity contribution in [3.8, 4) is 5.75 Å². The third kappa shape index (κ3) is 6.00. The number of nitrogens with one attached hydrogen (secondary N) is 1. The van der Waals surface area contributed by atoms with Crippen LogP contribution in [0.4, 0.5) is 5.69 Å². The average molecular weight is 367 g/mol. The number of methoxy groups -OCH3 is 1. The minimum absolute atomic E-state index is 0.500. The van der Waals surface area contributed by atoms with E-state index in [1.54, 1.807) is 7.11 Å². The van der Waals surface area contributed by atoms with Gasteiger partial charge in [-0.15, -0.1) is 0 Å². The molecule has 1 heterocycles. The summed E-state index contributed by atoms with van der Waals surface area (Å²) in [6, 6.07) is 16.5. The molecule has 3 rings (SSSR count). The monoisotopic (exact) mass is 366 g/mol. The maximum Gasteiger partial charge on any atom is 0.193 e. The molecule has 0 saturated carbocycles. The number of nitrogens with two attached hydrogens (primary N) is 1. The van der Waals surface area contributed by atoms with E-state index in [-0.39, 0.29) is 0 Å². The van der Waals surface area contributed by atoms with Crippen LogP contribution in [0.25, 0.3) is 0 Å². The van der Waals surface area contributed by atoms with Gasteiger partial charge in [-0.05, 0) is 68.6 Å². The first-order valence-electron chi connectivity index (χ1n) is 9.61. The zero-order valence-corrected chi connectivity index (χ0v) is 16.3. The van der Waals surface area contributed by atoms with Gasteiger partial charge in [-0.3, -0.25) is 9.89 Å². The Morgan fingerprint density at radius 1 is 1.11 bits per heavy atom. The molecule has 2 aromatic carbocycles. The highest BCUT2D eigenvalue weighted by Crippen LogP contribution is 2.20. The van der Waals surface area contributed by atoms with E-state index in [9.17, 15) is 0 Å². The van der Waals surface area contributed by atoms with Gasteiger partial charge in [-0.25, -0.2) is 0 Å². The summed E-state index contributed by atoms with van der Waals surface area (Å²) in [6.07, 6.45) is 2.33. The molecule has 0 amide bonds. The Balaban J connectivity index is 1.41. The number of hydrogen-bond donors (Lipinski definition) is 2. The summed E-state index contributed by atoms with van der Waals surface area (Å²) in [7, 11) is 1.70. The summed E-state index contributed by atoms with van der Waals surface area (Å²) >= 11 is 0. The summed E-state index contributed by atoms with van der Waals surface area (Å²) in [5, 5.41) is 3.17. The van der Waals surface area contributed by atoms with Crippen LogP contribution in [0.2, 0.25) is 0 Å². The second-order valence-corrected chi connectivity index (χ2v) is 7.28. The number of likely N-dealkylation sites (tertiary alicyclic amines) is 1. The first-order valence-corrected chi connectivity index (χ1v) is 9.61. The van der Waals surface area contributed by atoms with Gasteiger partial charge < -0.3 is 15.8 Å². The van der Waals surface area contributed by atoms with Crippen molar-refractivity contribution in [1.82, 2.24) is 4.90 Å². The third-order valence-electron chi connectivity index (χ3n) is 5.12. The third-order valence-corrected chi connectivity index (χ3v) is 5.12. The van der Waals surface area contributed by atoms with E-state index in [1.807, 2.05) is 24.3 Å². The lowest BCUT2D eigenvalue weighted by Crippen LogP contribution is -2.34. The quantitative estimate of drug-likeness (QED) is 0.605. The second kappa shape index (κ2) is 9.42. The average Bonchev–Trinajstić information content (AvgIpc) is 2.70. The number of benzene rings is 2. The molecule has 0 unspecified atom stereocenters. The number of aliphatic imine (C=N–C) groups is 1. The molecular formula is C22H30N4O. The van der Waals surface area contributed by atoms with Crippen molar-refractivity contribution in [3.05, 3.63) is 59.7 Å². The molecule has 5 nitrogen and oxygen atoms in total. The van der Waals surface area contributed by atoms with Gasteiger partial charge in [-0.2, -0.15) is 0 Å². The molecule has 1 aliphatic rings. The summed E-state index contributed by atoms with van der Waals surface area (Å²) in [4.78, 5) is 7.05. The maximum atomic E-state index is 6.03. The molecule has 1 aliphatic heterocycles. The Kier molecular flexibility index (Phi) is 6.71. The molecule has 27 heavy (non-hydrogen) atoms. The number of ether oxygens (including phenoxy) is 1. The maximum absolute atomic E-state index is 6.03. The van der Waals surface area contributed by atoms with Crippen LogP contribution < -0.4 is 15.8 Å². The van der Waals surface area contributed by atoms with E-state index in [0.717, 1.165) is 50.5 Å². The molecule has 0 bridgehead atoms. The topological polar surface area (TPSA) is 62.9 Å². The highest BCUT2D eigenvalue weighted by molar-refractivity contribution is 5.92. The number of nitrogens with zero attached hydrogens (tertiary/aromatic N) is 2.